The van der Waals surface area contributed by atoms with Gasteiger partial charge in [0, 0.05) is 19.6 Å². The van der Waals surface area contributed by atoms with Crippen molar-refractivity contribution in [1.82, 2.24) is 10.6 Å². The molecule has 1 amide bonds. The van der Waals surface area contributed by atoms with Gasteiger partial charge in [0.1, 0.15) is 0 Å². The molecule has 4 heteroatoms. The van der Waals surface area contributed by atoms with Gasteiger partial charge in [-0.3, -0.25) is 4.79 Å². The highest BCUT2D eigenvalue weighted by atomic mass is 16.5. The summed E-state index contributed by atoms with van der Waals surface area (Å²) in [4.78, 5) is 11.5. The third-order valence-corrected chi connectivity index (χ3v) is 3.30. The summed E-state index contributed by atoms with van der Waals surface area (Å²) in [6.07, 6.45) is 4.39. The first-order valence-corrected chi connectivity index (χ1v) is 5.77. The molecule has 2 fully saturated rings. The molecule has 1 saturated carbocycles. The van der Waals surface area contributed by atoms with Gasteiger partial charge in [0.2, 0.25) is 5.91 Å². The molecular formula is C11H20N2O2. The van der Waals surface area contributed by atoms with Gasteiger partial charge in [-0.15, -0.1) is 0 Å². The van der Waals surface area contributed by atoms with Crippen LogP contribution in [-0.4, -0.2) is 38.3 Å². The van der Waals surface area contributed by atoms with Gasteiger partial charge < -0.3 is 15.4 Å². The van der Waals surface area contributed by atoms with Crippen LogP contribution in [0.15, 0.2) is 0 Å². The molecule has 4 nitrogen and oxygen atoms in total. The first-order valence-electron chi connectivity index (χ1n) is 5.77. The molecule has 0 radical (unpaired) electrons. The summed E-state index contributed by atoms with van der Waals surface area (Å²) in [7, 11) is 1.71. The lowest BCUT2D eigenvalue weighted by molar-refractivity contribution is -0.122. The Labute approximate surface area is 90.8 Å². The van der Waals surface area contributed by atoms with Gasteiger partial charge >= 0.3 is 0 Å². The number of hydrogen-bond donors (Lipinski definition) is 2. The van der Waals surface area contributed by atoms with E-state index < -0.39 is 0 Å². The Bertz CT molecular complexity index is 233. The zero-order chi connectivity index (χ0) is 10.7. The maximum absolute atomic E-state index is 11.5. The van der Waals surface area contributed by atoms with E-state index in [0.29, 0.717) is 19.1 Å². The number of methoxy groups -OCH3 is 1. The molecule has 1 aliphatic heterocycles. The largest absolute Gasteiger partial charge is 0.383 e. The number of rotatable bonds is 5. The molecule has 1 unspecified atom stereocenters. The van der Waals surface area contributed by atoms with Crippen molar-refractivity contribution in [2.45, 2.75) is 31.2 Å². The maximum atomic E-state index is 11.5. The van der Waals surface area contributed by atoms with Crippen LogP contribution in [0.1, 0.15) is 25.7 Å². The third-order valence-electron chi connectivity index (χ3n) is 3.30. The number of nitrogens with one attached hydrogen (secondary N) is 2. The van der Waals surface area contributed by atoms with Crippen LogP contribution in [0.5, 0.6) is 0 Å². The van der Waals surface area contributed by atoms with Crippen molar-refractivity contribution in [1.29, 1.82) is 0 Å². The molecule has 15 heavy (non-hydrogen) atoms. The van der Waals surface area contributed by atoms with Crippen molar-refractivity contribution in [2.24, 2.45) is 5.92 Å². The first-order chi connectivity index (χ1) is 7.26. The molecule has 1 heterocycles. The van der Waals surface area contributed by atoms with Crippen LogP contribution in [0.4, 0.5) is 0 Å². The van der Waals surface area contributed by atoms with Crippen molar-refractivity contribution in [3.05, 3.63) is 0 Å². The summed E-state index contributed by atoms with van der Waals surface area (Å²) in [5.41, 5.74) is -0.0146. The summed E-state index contributed by atoms with van der Waals surface area (Å²) in [6, 6.07) is 0. The zero-order valence-corrected chi connectivity index (χ0v) is 9.34. The van der Waals surface area contributed by atoms with Crippen LogP contribution in [0.25, 0.3) is 0 Å². The average Bonchev–Trinajstić information content (AvgIpc) is 2.98. The smallest absolute Gasteiger partial charge is 0.223 e. The Kier molecular flexibility index (Phi) is 3.26. The van der Waals surface area contributed by atoms with Gasteiger partial charge in [0.15, 0.2) is 0 Å². The van der Waals surface area contributed by atoms with Crippen LogP contribution in [0.3, 0.4) is 0 Å². The molecule has 0 spiro atoms. The molecule has 1 atom stereocenters. The Morgan fingerprint density at radius 1 is 1.60 bits per heavy atom. The lowest BCUT2D eigenvalue weighted by Gasteiger charge is -2.28. The molecule has 0 aromatic heterocycles. The summed E-state index contributed by atoms with van der Waals surface area (Å²) < 4.78 is 5.22. The van der Waals surface area contributed by atoms with Crippen molar-refractivity contribution >= 4 is 5.91 Å². The van der Waals surface area contributed by atoms with Crippen molar-refractivity contribution in [3.63, 3.8) is 0 Å². The van der Waals surface area contributed by atoms with Gasteiger partial charge in [-0.05, 0) is 32.2 Å². The number of ether oxygens (including phenoxy) is 1. The molecule has 2 rings (SSSR count). The SMILES string of the molecule is COCC1(CNC(=O)C2CC2)CCCN1. The molecule has 0 bridgehead atoms. The lowest BCUT2D eigenvalue weighted by Crippen LogP contribution is -2.53. The topological polar surface area (TPSA) is 50.4 Å². The Balaban J connectivity index is 1.80. The van der Waals surface area contributed by atoms with Crippen LogP contribution < -0.4 is 10.6 Å². The summed E-state index contributed by atoms with van der Waals surface area (Å²) >= 11 is 0. The fraction of sp³-hybridized carbons (Fsp3) is 0.909. The van der Waals surface area contributed by atoms with Gasteiger partial charge in [0.05, 0.1) is 12.1 Å². The van der Waals surface area contributed by atoms with E-state index in [4.69, 9.17) is 4.74 Å². The molecule has 0 aromatic carbocycles. The van der Waals surface area contributed by atoms with Crippen LogP contribution in [0.2, 0.25) is 0 Å². The first kappa shape index (κ1) is 10.9. The normalized spacial score (nSPS) is 30.5. The maximum Gasteiger partial charge on any atom is 0.223 e. The summed E-state index contributed by atoms with van der Waals surface area (Å²) in [6.45, 7) is 2.41. The fourth-order valence-electron chi connectivity index (χ4n) is 2.22. The lowest BCUT2D eigenvalue weighted by atomic mass is 9.98. The molecule has 2 aliphatic rings. The van der Waals surface area contributed by atoms with Crippen LogP contribution >= 0.6 is 0 Å². The fourth-order valence-corrected chi connectivity index (χ4v) is 2.22. The van der Waals surface area contributed by atoms with E-state index in [1.165, 1.54) is 6.42 Å². The van der Waals surface area contributed by atoms with E-state index in [1.807, 2.05) is 0 Å². The van der Waals surface area contributed by atoms with Gasteiger partial charge in [-0.1, -0.05) is 0 Å². The second-order valence-corrected chi connectivity index (χ2v) is 4.74. The van der Waals surface area contributed by atoms with Gasteiger partial charge in [0.25, 0.3) is 0 Å². The second kappa shape index (κ2) is 4.49. The summed E-state index contributed by atoms with van der Waals surface area (Å²) in [5.74, 6) is 0.519. The van der Waals surface area contributed by atoms with Crippen molar-refractivity contribution in [3.8, 4) is 0 Å². The van der Waals surface area contributed by atoms with Gasteiger partial charge in [-0.25, -0.2) is 0 Å². The van der Waals surface area contributed by atoms with Crippen LogP contribution in [0, 0.1) is 5.92 Å². The molecule has 2 N–H and O–H groups in total. The highest BCUT2D eigenvalue weighted by molar-refractivity contribution is 5.80. The predicted octanol–water partition coefficient (Wildman–Crippen LogP) is 0.281. The Hall–Kier alpha value is -0.610. The molecule has 0 aromatic rings. The minimum absolute atomic E-state index is 0.0146. The quantitative estimate of drug-likeness (QED) is 0.688. The summed E-state index contributed by atoms with van der Waals surface area (Å²) in [5, 5.41) is 6.48. The molecule has 1 saturated heterocycles. The van der Waals surface area contributed by atoms with Crippen molar-refractivity contribution < 1.29 is 9.53 Å². The molecule has 1 aliphatic carbocycles. The monoisotopic (exact) mass is 212 g/mol. The number of amides is 1. The van der Waals surface area contributed by atoms with E-state index in [-0.39, 0.29) is 11.4 Å². The average molecular weight is 212 g/mol. The minimum Gasteiger partial charge on any atom is -0.383 e. The second-order valence-electron chi connectivity index (χ2n) is 4.74. The molecular weight excluding hydrogens is 192 g/mol. The van der Waals surface area contributed by atoms with E-state index in [0.717, 1.165) is 25.8 Å². The highest BCUT2D eigenvalue weighted by Gasteiger charge is 2.36. The molecule has 86 valence electrons. The Morgan fingerprint density at radius 3 is 2.93 bits per heavy atom. The van der Waals surface area contributed by atoms with Gasteiger partial charge in [-0.2, -0.15) is 0 Å². The number of carbonyl (C=O) groups is 1. The van der Waals surface area contributed by atoms with E-state index in [9.17, 15) is 4.79 Å². The van der Waals surface area contributed by atoms with E-state index in [1.54, 1.807) is 7.11 Å². The minimum atomic E-state index is -0.0146. The van der Waals surface area contributed by atoms with Crippen LogP contribution in [-0.2, 0) is 9.53 Å². The number of carbonyl (C=O) groups excluding carboxylic acids is 1. The zero-order valence-electron chi connectivity index (χ0n) is 9.34. The van der Waals surface area contributed by atoms with E-state index in [2.05, 4.69) is 10.6 Å². The standard InChI is InChI=1S/C11H20N2O2/c1-15-8-11(5-2-6-13-11)7-12-10(14)9-3-4-9/h9,13H,2-8H2,1H3,(H,12,14). The predicted molar refractivity (Wildman–Crippen MR) is 57.6 cm³/mol. The number of hydrogen-bond acceptors (Lipinski definition) is 3. The third kappa shape index (κ3) is 2.69. The highest BCUT2D eigenvalue weighted by Crippen LogP contribution is 2.29. The van der Waals surface area contributed by atoms with E-state index >= 15 is 0 Å². The Morgan fingerprint density at radius 2 is 2.40 bits per heavy atom. The van der Waals surface area contributed by atoms with Crippen molar-refractivity contribution in [2.75, 3.05) is 26.8 Å².